The molecule has 0 aliphatic carbocycles. The van der Waals surface area contributed by atoms with Gasteiger partial charge in [-0.25, -0.2) is 0 Å². The highest BCUT2D eigenvalue weighted by atomic mass is 32.4. The van der Waals surface area contributed by atoms with Crippen molar-refractivity contribution in [2.24, 2.45) is 0 Å². The minimum absolute atomic E-state index is 0.0823. The van der Waals surface area contributed by atoms with Gasteiger partial charge in [-0.05, 0) is 0 Å². The Morgan fingerprint density at radius 3 is 1.12 bits per heavy atom. The van der Waals surface area contributed by atoms with Crippen molar-refractivity contribution in [2.45, 2.75) is 0 Å². The average Bonchev–Trinajstić information content (AvgIpc) is 1.64. The van der Waals surface area contributed by atoms with E-state index in [4.69, 9.17) is 0 Å². The van der Waals surface area contributed by atoms with Crippen LogP contribution in [0, 0.1) is 0 Å². The average molecular weight is 238 g/mol. The Kier molecular flexibility index (Phi) is 7.88. The predicted octanol–water partition coefficient (Wildman–Crippen LogP) is 2.97. The molecule has 8 heteroatoms. The molecule has 0 N–H and O–H groups in total. The lowest BCUT2D eigenvalue weighted by atomic mass is 10.7. The highest BCUT2D eigenvalue weighted by Crippen LogP contribution is 2.72. The van der Waals surface area contributed by atoms with E-state index < -0.39 is 0 Å². The summed E-state index contributed by atoms with van der Waals surface area (Å²) in [5.41, 5.74) is 0. The molecule has 5 unspecified atom stereocenters. The number of hydrogen-bond acceptors (Lipinski definition) is 0. The van der Waals surface area contributed by atoms with Crippen LogP contribution in [-0.4, -0.2) is 5.87 Å². The largest absolute Gasteiger partial charge is 0.238 e. The fraction of sp³-hybridized carbons (Fsp3) is 0. The Morgan fingerprint density at radius 1 is 0.875 bits per heavy atom. The Morgan fingerprint density at radius 2 is 1.12 bits per heavy atom. The Hall–Kier alpha value is 3.07. The Balaban J connectivity index is 3.46. The molecule has 0 fully saturated rings. The van der Waals surface area contributed by atoms with Gasteiger partial charge < -0.3 is 0 Å². The van der Waals surface area contributed by atoms with Gasteiger partial charge in [-0.1, -0.05) is 14.4 Å². The summed E-state index contributed by atoms with van der Waals surface area (Å²) in [6.07, 6.45) is 0. The molecule has 0 nitrogen and oxygen atoms in total. The topological polar surface area (TPSA) is 0 Å². The van der Waals surface area contributed by atoms with Crippen LogP contribution < -0.4 is 0 Å². The lowest BCUT2D eigenvalue weighted by Gasteiger charge is -2.14. The summed E-state index contributed by atoms with van der Waals surface area (Å²) in [6, 6.07) is 0. The maximum atomic E-state index is 2.86. The van der Waals surface area contributed by atoms with E-state index in [0.29, 0.717) is 0 Å². The fourth-order valence-corrected chi connectivity index (χ4v) is 12.5. The van der Waals surface area contributed by atoms with Crippen LogP contribution >= 0.6 is 59.2 Å². The van der Waals surface area contributed by atoms with Crippen molar-refractivity contribution in [1.82, 2.24) is 0 Å². The van der Waals surface area contributed by atoms with Crippen molar-refractivity contribution >= 4 is 65.1 Å². The van der Waals surface area contributed by atoms with Crippen molar-refractivity contribution in [1.29, 1.82) is 0 Å². The molecule has 0 rings (SSSR count). The van der Waals surface area contributed by atoms with Gasteiger partial charge in [0.05, 0.1) is 0 Å². The summed E-state index contributed by atoms with van der Waals surface area (Å²) in [6.45, 7) is 0. The molecule has 0 aliphatic rings. The van der Waals surface area contributed by atoms with Crippen LogP contribution in [0.4, 0.5) is 0 Å². The maximum Gasteiger partial charge on any atom is 0.238 e. The first-order chi connectivity index (χ1) is 3.55. The predicted molar refractivity (Wildman–Crippen MR) is 68.1 cm³/mol. The molecule has 0 aromatic rings. The van der Waals surface area contributed by atoms with Gasteiger partial charge in [0, 0.05) is 0 Å². The van der Waals surface area contributed by atoms with Crippen LogP contribution in [0.25, 0.3) is 0 Å². The fourth-order valence-electron chi connectivity index (χ4n) is 0.154. The van der Waals surface area contributed by atoms with E-state index in [9.17, 15) is 0 Å². The molecule has 0 amide bonds. The SMILES string of the molecule is PB(P(P)P)P(P)P. The zero-order chi connectivity index (χ0) is 6.73. The van der Waals surface area contributed by atoms with E-state index in [2.05, 4.69) is 44.8 Å². The van der Waals surface area contributed by atoms with Gasteiger partial charge in [0.1, 0.15) is 0 Å². The summed E-state index contributed by atoms with van der Waals surface area (Å²) in [5.74, 6) is 0.769. The van der Waals surface area contributed by atoms with E-state index in [-0.39, 0.29) is 14.4 Å². The first-order valence-corrected chi connectivity index (χ1v) is 11.8. The molecule has 5 atom stereocenters. The third-order valence-electron chi connectivity index (χ3n) is 0.611. The smallest absolute Gasteiger partial charge is 0.159 e. The monoisotopic (exact) mass is 238 g/mol. The molecule has 48 valence electrons. The molecule has 0 bridgehead atoms. The highest BCUT2D eigenvalue weighted by Gasteiger charge is 2.15. The first-order valence-electron chi connectivity index (χ1n) is 1.88. The minimum Gasteiger partial charge on any atom is -0.159 e. The van der Waals surface area contributed by atoms with E-state index in [1.165, 1.54) is 0 Å². The maximum absolute atomic E-state index is 2.86. The summed E-state index contributed by atoms with van der Waals surface area (Å²) in [4.78, 5) is 0. The van der Waals surface area contributed by atoms with E-state index >= 15 is 0 Å². The summed E-state index contributed by atoms with van der Waals surface area (Å²) < 4.78 is 0. The van der Waals surface area contributed by atoms with E-state index in [1.807, 2.05) is 0 Å². The first kappa shape index (κ1) is 11.1. The normalized spacial score (nSPS) is 10.9. The molecule has 0 aliphatic heterocycles. The standard InChI is InChI=1S/BH10P7/c2-1(7(3)4)8(5)6/h2-6H2. The van der Waals surface area contributed by atoms with Crippen molar-refractivity contribution < 1.29 is 0 Å². The Bertz CT molecular complexity index is 49.4. The number of rotatable bonds is 2. The molecule has 0 saturated heterocycles. The molecule has 0 spiro atoms. The van der Waals surface area contributed by atoms with Crippen LogP contribution in [0.15, 0.2) is 0 Å². The van der Waals surface area contributed by atoms with E-state index in [1.54, 1.807) is 0 Å². The molecule has 0 radical (unpaired) electrons. The van der Waals surface area contributed by atoms with Crippen LogP contribution in [0.1, 0.15) is 0 Å². The van der Waals surface area contributed by atoms with Crippen LogP contribution in [0.3, 0.4) is 0 Å². The second kappa shape index (κ2) is 5.69. The van der Waals surface area contributed by atoms with Gasteiger partial charge in [0.25, 0.3) is 0 Å². The third kappa shape index (κ3) is 4.82. The lowest BCUT2D eigenvalue weighted by molar-refractivity contribution is 4.30. The molecular formula is H10BP7. The zero-order valence-electron chi connectivity index (χ0n) is 4.36. The third-order valence-corrected chi connectivity index (χ3v) is 16.5. The van der Waals surface area contributed by atoms with Gasteiger partial charge in [0.15, 0.2) is 0 Å². The van der Waals surface area contributed by atoms with Crippen molar-refractivity contribution in [3.05, 3.63) is 0 Å². The van der Waals surface area contributed by atoms with Crippen molar-refractivity contribution in [2.75, 3.05) is 0 Å². The van der Waals surface area contributed by atoms with Gasteiger partial charge in [-0.15, -0.1) is 35.7 Å². The quantitative estimate of drug-likeness (QED) is 0.512. The van der Waals surface area contributed by atoms with Crippen LogP contribution in [0.2, 0.25) is 0 Å². The molecule has 8 heavy (non-hydrogen) atoms. The highest BCUT2D eigenvalue weighted by molar-refractivity contribution is 8.79. The molecule has 0 saturated carbocycles. The molecule has 0 heterocycles. The summed E-state index contributed by atoms with van der Waals surface area (Å²) in [7, 11) is 14.4. The zero-order valence-corrected chi connectivity index (χ0v) is 11.9. The van der Waals surface area contributed by atoms with Gasteiger partial charge in [-0.3, -0.25) is 0 Å². The van der Waals surface area contributed by atoms with E-state index in [0.717, 1.165) is 5.87 Å². The second-order valence-corrected chi connectivity index (χ2v) is 17.1. The van der Waals surface area contributed by atoms with Gasteiger partial charge in [-0.2, -0.15) is 9.12 Å². The number of hydrogen-bond donors (Lipinski definition) is 0. The minimum atomic E-state index is 0.0823. The van der Waals surface area contributed by atoms with Gasteiger partial charge in [0.2, 0.25) is 5.87 Å². The van der Waals surface area contributed by atoms with Crippen molar-refractivity contribution in [3.63, 3.8) is 0 Å². The lowest BCUT2D eigenvalue weighted by Crippen LogP contribution is -1.80. The van der Waals surface area contributed by atoms with Crippen LogP contribution in [0.5, 0.6) is 0 Å². The Labute approximate surface area is 65.3 Å². The van der Waals surface area contributed by atoms with Crippen molar-refractivity contribution in [3.8, 4) is 0 Å². The molecular weight excluding hydrogens is 228 g/mol. The molecule has 0 aromatic carbocycles. The summed E-state index contributed by atoms with van der Waals surface area (Å²) >= 11 is 0. The van der Waals surface area contributed by atoms with Crippen LogP contribution in [-0.2, 0) is 0 Å². The van der Waals surface area contributed by atoms with Gasteiger partial charge >= 0.3 is 0 Å². The summed E-state index contributed by atoms with van der Waals surface area (Å²) in [5, 5.41) is 0. The second-order valence-electron chi connectivity index (χ2n) is 1.31. The molecule has 0 aromatic heterocycles.